The molecule has 0 radical (unpaired) electrons. The summed E-state index contributed by atoms with van der Waals surface area (Å²) >= 11 is 0. The summed E-state index contributed by atoms with van der Waals surface area (Å²) in [5, 5.41) is 12.6. The molecule has 124 valence electrons. The monoisotopic (exact) mass is 321 g/mol. The summed E-state index contributed by atoms with van der Waals surface area (Å²) in [6.07, 6.45) is 2.91. The number of anilines is 1. The Morgan fingerprint density at radius 1 is 1.33 bits per heavy atom. The van der Waals surface area contributed by atoms with Crippen LogP contribution in [0.3, 0.4) is 0 Å². The Hall–Kier alpha value is -2.45. The van der Waals surface area contributed by atoms with Crippen LogP contribution < -0.4 is 5.32 Å². The number of nitriles is 1. The van der Waals surface area contributed by atoms with E-state index in [0.717, 1.165) is 43.1 Å². The Balaban J connectivity index is 1.59. The minimum atomic E-state index is 0.381. The van der Waals surface area contributed by atoms with Crippen molar-refractivity contribution in [1.82, 2.24) is 14.9 Å². The van der Waals surface area contributed by atoms with Crippen LogP contribution in [0.5, 0.6) is 0 Å². The molecule has 2 unspecified atom stereocenters. The van der Waals surface area contributed by atoms with Crippen molar-refractivity contribution in [2.75, 3.05) is 18.4 Å². The van der Waals surface area contributed by atoms with Gasteiger partial charge >= 0.3 is 0 Å². The van der Waals surface area contributed by atoms with Gasteiger partial charge in [0.15, 0.2) is 0 Å². The van der Waals surface area contributed by atoms with E-state index in [2.05, 4.69) is 39.2 Å². The molecule has 0 aromatic carbocycles. The summed E-state index contributed by atoms with van der Waals surface area (Å²) in [4.78, 5) is 11.3. The molecule has 1 aliphatic rings. The predicted molar refractivity (Wildman–Crippen MR) is 94.4 cm³/mol. The molecular weight excluding hydrogens is 298 g/mol. The second-order valence-corrected chi connectivity index (χ2v) is 6.55. The molecule has 5 heteroatoms. The number of pyridine rings is 2. The standard InChI is InChI=1S/C19H23N5/c1-14-6-7-19(23-18(14)11-20)22-17-8-10-24(12-15(17)2)13-16-5-3-4-9-21-16/h3-7,9,15,17H,8,10,12-13H2,1-2H3,(H,22,23). The molecule has 1 saturated heterocycles. The highest BCUT2D eigenvalue weighted by Gasteiger charge is 2.26. The number of nitrogens with one attached hydrogen (secondary N) is 1. The maximum Gasteiger partial charge on any atom is 0.145 e. The van der Waals surface area contributed by atoms with Crippen LogP contribution in [0.4, 0.5) is 5.82 Å². The number of hydrogen-bond acceptors (Lipinski definition) is 5. The van der Waals surface area contributed by atoms with Crippen molar-refractivity contribution >= 4 is 5.82 Å². The molecule has 3 rings (SSSR count). The number of aromatic nitrogens is 2. The first-order chi connectivity index (χ1) is 11.7. The molecule has 24 heavy (non-hydrogen) atoms. The van der Waals surface area contributed by atoms with E-state index in [1.807, 2.05) is 37.4 Å². The average molecular weight is 321 g/mol. The molecule has 0 bridgehead atoms. The Morgan fingerprint density at radius 2 is 2.21 bits per heavy atom. The number of rotatable bonds is 4. The summed E-state index contributed by atoms with van der Waals surface area (Å²) in [5.74, 6) is 1.31. The van der Waals surface area contributed by atoms with Crippen LogP contribution in [0.2, 0.25) is 0 Å². The summed E-state index contributed by atoms with van der Waals surface area (Å²) in [6.45, 7) is 7.15. The third-order valence-electron chi connectivity index (χ3n) is 4.64. The van der Waals surface area contributed by atoms with Crippen molar-refractivity contribution < 1.29 is 0 Å². The van der Waals surface area contributed by atoms with E-state index in [9.17, 15) is 0 Å². The van der Waals surface area contributed by atoms with E-state index in [0.29, 0.717) is 17.7 Å². The highest BCUT2D eigenvalue weighted by molar-refractivity contribution is 5.43. The minimum absolute atomic E-state index is 0.381. The fourth-order valence-corrected chi connectivity index (χ4v) is 3.22. The zero-order chi connectivity index (χ0) is 16.9. The van der Waals surface area contributed by atoms with Crippen molar-refractivity contribution in [2.45, 2.75) is 32.9 Å². The number of hydrogen-bond donors (Lipinski definition) is 1. The smallest absolute Gasteiger partial charge is 0.145 e. The van der Waals surface area contributed by atoms with Crippen LogP contribution in [-0.4, -0.2) is 34.0 Å². The number of nitrogens with zero attached hydrogens (tertiary/aromatic N) is 4. The summed E-state index contributed by atoms with van der Waals surface area (Å²) in [6, 6.07) is 12.5. The third-order valence-corrected chi connectivity index (χ3v) is 4.64. The lowest BCUT2D eigenvalue weighted by molar-refractivity contribution is 0.163. The van der Waals surface area contributed by atoms with Gasteiger partial charge in [-0.25, -0.2) is 4.98 Å². The molecule has 0 aliphatic carbocycles. The second-order valence-electron chi connectivity index (χ2n) is 6.55. The Kier molecular flexibility index (Phi) is 5.07. The fourth-order valence-electron chi connectivity index (χ4n) is 3.22. The van der Waals surface area contributed by atoms with E-state index in [1.54, 1.807) is 0 Å². The van der Waals surface area contributed by atoms with Crippen LogP contribution in [0.1, 0.15) is 30.3 Å². The summed E-state index contributed by atoms with van der Waals surface area (Å²) < 4.78 is 0. The van der Waals surface area contributed by atoms with Gasteiger partial charge in [-0.05, 0) is 43.0 Å². The predicted octanol–water partition coefficient (Wildman–Crippen LogP) is 2.98. The maximum absolute atomic E-state index is 9.12. The molecule has 0 spiro atoms. The summed E-state index contributed by atoms with van der Waals surface area (Å²) in [7, 11) is 0. The van der Waals surface area contributed by atoms with Crippen LogP contribution >= 0.6 is 0 Å². The third kappa shape index (κ3) is 3.90. The Bertz CT molecular complexity index is 722. The maximum atomic E-state index is 9.12. The molecule has 2 aromatic rings. The molecule has 2 aromatic heterocycles. The van der Waals surface area contributed by atoms with Crippen LogP contribution in [0.15, 0.2) is 36.5 Å². The first-order valence-electron chi connectivity index (χ1n) is 8.42. The van der Waals surface area contributed by atoms with Crippen LogP contribution in [-0.2, 0) is 6.54 Å². The number of likely N-dealkylation sites (tertiary alicyclic amines) is 1. The highest BCUT2D eigenvalue weighted by Crippen LogP contribution is 2.22. The van der Waals surface area contributed by atoms with Gasteiger partial charge in [0.25, 0.3) is 0 Å². The van der Waals surface area contributed by atoms with Gasteiger partial charge in [0.2, 0.25) is 0 Å². The molecule has 2 atom stereocenters. The lowest BCUT2D eigenvalue weighted by atomic mass is 9.93. The number of piperidine rings is 1. The van der Waals surface area contributed by atoms with E-state index in [-0.39, 0.29) is 0 Å². The van der Waals surface area contributed by atoms with Gasteiger partial charge in [-0.2, -0.15) is 5.26 Å². The van der Waals surface area contributed by atoms with Crippen molar-refractivity contribution in [3.63, 3.8) is 0 Å². The molecule has 5 nitrogen and oxygen atoms in total. The quantitative estimate of drug-likeness (QED) is 0.938. The van der Waals surface area contributed by atoms with Crippen molar-refractivity contribution in [1.29, 1.82) is 5.26 Å². The highest BCUT2D eigenvalue weighted by atomic mass is 15.2. The molecular formula is C19H23N5. The minimum Gasteiger partial charge on any atom is -0.367 e. The topological polar surface area (TPSA) is 64.8 Å². The lowest BCUT2D eigenvalue weighted by Crippen LogP contribution is -2.45. The summed E-state index contributed by atoms with van der Waals surface area (Å²) in [5.41, 5.74) is 2.54. The number of aryl methyl sites for hydroxylation is 1. The van der Waals surface area contributed by atoms with Crippen molar-refractivity contribution in [3.8, 4) is 6.07 Å². The Morgan fingerprint density at radius 3 is 2.92 bits per heavy atom. The molecule has 1 aliphatic heterocycles. The molecule has 0 saturated carbocycles. The van der Waals surface area contributed by atoms with Gasteiger partial charge in [0, 0.05) is 31.9 Å². The molecule has 1 fully saturated rings. The second kappa shape index (κ2) is 7.41. The van der Waals surface area contributed by atoms with Crippen LogP contribution in [0, 0.1) is 24.2 Å². The average Bonchev–Trinajstić information content (AvgIpc) is 2.60. The zero-order valence-electron chi connectivity index (χ0n) is 14.2. The van der Waals surface area contributed by atoms with Gasteiger partial charge in [-0.1, -0.05) is 19.1 Å². The first kappa shape index (κ1) is 16.4. The fraction of sp³-hybridized carbons (Fsp3) is 0.421. The first-order valence-corrected chi connectivity index (χ1v) is 8.42. The van der Waals surface area contributed by atoms with E-state index < -0.39 is 0 Å². The van der Waals surface area contributed by atoms with E-state index in [4.69, 9.17) is 5.26 Å². The van der Waals surface area contributed by atoms with Gasteiger partial charge in [-0.15, -0.1) is 0 Å². The van der Waals surface area contributed by atoms with Gasteiger partial charge in [-0.3, -0.25) is 9.88 Å². The van der Waals surface area contributed by atoms with Gasteiger partial charge in [0.1, 0.15) is 17.6 Å². The van der Waals surface area contributed by atoms with E-state index in [1.165, 1.54) is 0 Å². The Labute approximate surface area is 143 Å². The largest absolute Gasteiger partial charge is 0.367 e. The molecule has 3 heterocycles. The van der Waals surface area contributed by atoms with Crippen molar-refractivity contribution in [2.24, 2.45) is 5.92 Å². The van der Waals surface area contributed by atoms with Gasteiger partial charge in [0.05, 0.1) is 5.69 Å². The van der Waals surface area contributed by atoms with Gasteiger partial charge < -0.3 is 5.32 Å². The zero-order valence-corrected chi connectivity index (χ0v) is 14.2. The van der Waals surface area contributed by atoms with Crippen molar-refractivity contribution in [3.05, 3.63) is 53.5 Å². The van der Waals surface area contributed by atoms with Crippen LogP contribution in [0.25, 0.3) is 0 Å². The normalized spacial score (nSPS) is 21.2. The SMILES string of the molecule is Cc1ccc(NC2CCN(Cc3ccccn3)CC2C)nc1C#N. The molecule has 1 N–H and O–H groups in total. The molecule has 0 amide bonds. The lowest BCUT2D eigenvalue weighted by Gasteiger charge is -2.37. The van der Waals surface area contributed by atoms with E-state index >= 15 is 0 Å².